The quantitative estimate of drug-likeness (QED) is 0.295. The van der Waals surface area contributed by atoms with Crippen molar-refractivity contribution in [2.45, 2.75) is 13.8 Å². The smallest absolute Gasteiger partial charge is 0.337 e. The molecule has 0 atom stereocenters. The molecule has 0 aliphatic heterocycles. The van der Waals surface area contributed by atoms with Gasteiger partial charge in [0, 0.05) is 13.1 Å². The van der Waals surface area contributed by atoms with E-state index in [1.165, 1.54) is 18.9 Å². The van der Waals surface area contributed by atoms with Crippen LogP contribution in [0.4, 0.5) is 11.4 Å². The summed E-state index contributed by atoms with van der Waals surface area (Å²) in [4.78, 5) is 18.3. The molecule has 0 fully saturated rings. The highest BCUT2D eigenvalue weighted by Gasteiger charge is 2.14. The number of nitriles is 1. The molecule has 0 aliphatic rings. The molecule has 1 aromatic carbocycles. The van der Waals surface area contributed by atoms with Crippen molar-refractivity contribution in [3.05, 3.63) is 23.8 Å². The predicted octanol–water partition coefficient (Wildman–Crippen LogP) is 2.74. The van der Waals surface area contributed by atoms with Crippen molar-refractivity contribution in [1.29, 1.82) is 5.26 Å². The number of nitrogens with one attached hydrogen (secondary N) is 1. The first-order chi connectivity index (χ1) is 10.6. The molecule has 0 spiro atoms. The zero-order valence-corrected chi connectivity index (χ0v) is 14.0. The molecule has 0 aliphatic carbocycles. The number of ether oxygens (including phenoxy) is 1. The lowest BCUT2D eigenvalue weighted by atomic mass is 10.1. The second kappa shape index (κ2) is 8.95. The highest BCUT2D eigenvalue weighted by Crippen LogP contribution is 2.31. The van der Waals surface area contributed by atoms with Gasteiger partial charge in [0.1, 0.15) is 0 Å². The molecular weight excluding hydrogens is 300 g/mol. The van der Waals surface area contributed by atoms with E-state index in [1.807, 2.05) is 26.3 Å². The van der Waals surface area contributed by atoms with E-state index < -0.39 is 0 Å². The van der Waals surface area contributed by atoms with Crippen LogP contribution in [0.25, 0.3) is 0 Å². The molecule has 0 saturated carbocycles. The topological polar surface area (TPSA) is 77.7 Å². The maximum Gasteiger partial charge on any atom is 0.337 e. The van der Waals surface area contributed by atoms with Gasteiger partial charge in [0.25, 0.3) is 0 Å². The van der Waals surface area contributed by atoms with Crippen LogP contribution >= 0.6 is 11.8 Å². The number of methoxy groups -OCH3 is 1. The second-order valence-corrected chi connectivity index (χ2v) is 5.02. The second-order valence-electron chi connectivity index (χ2n) is 4.23. The fourth-order valence-electron chi connectivity index (χ4n) is 1.96. The van der Waals surface area contributed by atoms with Crippen LogP contribution < -0.4 is 10.2 Å². The standard InChI is InChI=1S/C15H20N4O2S/c1-5-19(6-2)13-9-11(14(20)21-3)7-8-12(13)18-15(22-4)17-10-16/h7-9H,5-6H2,1-4H3,(H,17,18). The van der Waals surface area contributed by atoms with E-state index in [4.69, 9.17) is 10.00 Å². The highest BCUT2D eigenvalue weighted by molar-refractivity contribution is 8.13. The predicted molar refractivity (Wildman–Crippen MR) is 90.7 cm³/mol. The Morgan fingerprint density at radius 2 is 2.14 bits per heavy atom. The molecule has 0 amide bonds. The summed E-state index contributed by atoms with van der Waals surface area (Å²) in [6.45, 7) is 5.63. The molecule has 118 valence electrons. The number of amidine groups is 1. The van der Waals surface area contributed by atoms with Gasteiger partial charge in [0.15, 0.2) is 11.4 Å². The van der Waals surface area contributed by atoms with Crippen molar-refractivity contribution < 1.29 is 9.53 Å². The van der Waals surface area contributed by atoms with Gasteiger partial charge in [-0.25, -0.2) is 9.79 Å². The molecule has 1 N–H and O–H groups in total. The number of benzene rings is 1. The van der Waals surface area contributed by atoms with Crippen LogP contribution in [0.5, 0.6) is 0 Å². The molecule has 0 radical (unpaired) electrons. The van der Waals surface area contributed by atoms with Crippen LogP contribution in [0.2, 0.25) is 0 Å². The minimum Gasteiger partial charge on any atom is -0.465 e. The van der Waals surface area contributed by atoms with Gasteiger partial charge in [-0.3, -0.25) is 5.32 Å². The highest BCUT2D eigenvalue weighted by atomic mass is 32.2. The molecule has 0 heterocycles. The van der Waals surface area contributed by atoms with Crippen LogP contribution in [0.1, 0.15) is 24.2 Å². The monoisotopic (exact) mass is 320 g/mol. The number of esters is 1. The Balaban J connectivity index is 3.37. The van der Waals surface area contributed by atoms with Crippen LogP contribution in [-0.4, -0.2) is 37.6 Å². The molecule has 0 bridgehead atoms. The van der Waals surface area contributed by atoms with Crippen molar-refractivity contribution in [3.63, 3.8) is 0 Å². The average Bonchev–Trinajstić information content (AvgIpc) is 2.55. The summed E-state index contributed by atoms with van der Waals surface area (Å²) >= 11 is 1.35. The molecule has 6 nitrogen and oxygen atoms in total. The van der Waals surface area contributed by atoms with Gasteiger partial charge in [0.2, 0.25) is 0 Å². The fraction of sp³-hybridized carbons (Fsp3) is 0.400. The Hall–Kier alpha value is -2.20. The van der Waals surface area contributed by atoms with Gasteiger partial charge in [-0.05, 0) is 38.3 Å². The third-order valence-corrected chi connectivity index (χ3v) is 3.66. The Morgan fingerprint density at radius 3 is 2.64 bits per heavy atom. The number of carbonyl (C=O) groups is 1. The van der Waals surface area contributed by atoms with Crippen molar-refractivity contribution in [3.8, 4) is 6.19 Å². The van der Waals surface area contributed by atoms with Gasteiger partial charge in [0.05, 0.1) is 24.0 Å². The maximum absolute atomic E-state index is 11.7. The lowest BCUT2D eigenvalue weighted by Gasteiger charge is -2.23. The summed E-state index contributed by atoms with van der Waals surface area (Å²) in [5.41, 5.74) is 2.00. The normalized spacial score (nSPS) is 10.8. The number of hydrogen-bond acceptors (Lipinski definition) is 6. The van der Waals surface area contributed by atoms with Crippen LogP contribution in [0.3, 0.4) is 0 Å². The van der Waals surface area contributed by atoms with Crippen LogP contribution in [-0.2, 0) is 4.74 Å². The van der Waals surface area contributed by atoms with Gasteiger partial charge in [-0.15, -0.1) is 0 Å². The number of aliphatic imine (C=N–C) groups is 1. The zero-order valence-electron chi connectivity index (χ0n) is 13.2. The maximum atomic E-state index is 11.7. The van der Waals surface area contributed by atoms with E-state index in [-0.39, 0.29) is 5.97 Å². The van der Waals surface area contributed by atoms with Crippen molar-refractivity contribution in [2.24, 2.45) is 4.99 Å². The molecule has 0 unspecified atom stereocenters. The molecule has 0 aromatic heterocycles. The lowest BCUT2D eigenvalue weighted by molar-refractivity contribution is 0.0601. The summed E-state index contributed by atoms with van der Waals surface area (Å²) < 4.78 is 4.77. The van der Waals surface area contributed by atoms with Gasteiger partial charge in [-0.1, -0.05) is 11.8 Å². The first kappa shape index (κ1) is 17.9. The van der Waals surface area contributed by atoms with E-state index >= 15 is 0 Å². The van der Waals surface area contributed by atoms with Crippen molar-refractivity contribution in [1.82, 2.24) is 5.32 Å². The molecule has 1 aromatic rings. The Kier molecular flexibility index (Phi) is 7.26. The number of nitrogens with zero attached hydrogens (tertiary/aromatic N) is 3. The Morgan fingerprint density at radius 1 is 1.45 bits per heavy atom. The Bertz CT molecular complexity index is 592. The van der Waals surface area contributed by atoms with E-state index in [0.717, 1.165) is 18.8 Å². The van der Waals surface area contributed by atoms with Crippen LogP contribution in [0, 0.1) is 11.5 Å². The molecule has 0 saturated heterocycles. The van der Waals surface area contributed by atoms with Crippen LogP contribution in [0.15, 0.2) is 23.2 Å². The third kappa shape index (κ3) is 4.40. The number of thioether (sulfide) groups is 1. The fourth-order valence-corrected chi connectivity index (χ4v) is 2.30. The van der Waals surface area contributed by atoms with Gasteiger partial charge < -0.3 is 9.64 Å². The first-order valence-electron chi connectivity index (χ1n) is 6.86. The summed E-state index contributed by atoms with van der Waals surface area (Å²) in [6.07, 6.45) is 3.70. The number of anilines is 1. The minimum absolute atomic E-state index is 0.385. The first-order valence-corrected chi connectivity index (χ1v) is 8.08. The van der Waals surface area contributed by atoms with Crippen molar-refractivity contribution >= 4 is 34.3 Å². The zero-order chi connectivity index (χ0) is 16.5. The minimum atomic E-state index is -0.385. The summed E-state index contributed by atoms with van der Waals surface area (Å²) in [7, 11) is 1.36. The van der Waals surface area contributed by atoms with E-state index in [2.05, 4.69) is 15.2 Å². The van der Waals surface area contributed by atoms with Gasteiger partial charge in [-0.2, -0.15) is 5.26 Å². The third-order valence-electron chi connectivity index (χ3n) is 3.08. The summed E-state index contributed by atoms with van der Waals surface area (Å²) in [6, 6.07) is 5.19. The Labute approximate surface area is 135 Å². The van der Waals surface area contributed by atoms with E-state index in [1.54, 1.807) is 18.2 Å². The summed E-state index contributed by atoms with van der Waals surface area (Å²) in [5.74, 6) is -0.385. The molecule has 1 rings (SSSR count). The number of rotatable bonds is 5. The number of carbonyl (C=O) groups excluding carboxylic acids is 1. The lowest BCUT2D eigenvalue weighted by Crippen LogP contribution is -2.22. The largest absolute Gasteiger partial charge is 0.465 e. The molecule has 22 heavy (non-hydrogen) atoms. The average molecular weight is 320 g/mol. The van der Waals surface area contributed by atoms with E-state index in [0.29, 0.717) is 16.4 Å². The summed E-state index contributed by atoms with van der Waals surface area (Å²) in [5, 5.41) is 11.8. The van der Waals surface area contributed by atoms with Gasteiger partial charge >= 0.3 is 5.97 Å². The SMILES string of the molecule is CCN(CC)c1cc(C(=O)OC)ccc1N=C(NC#N)SC. The molecule has 7 heteroatoms. The number of hydrogen-bond donors (Lipinski definition) is 1. The van der Waals surface area contributed by atoms with Crippen molar-refractivity contribution in [2.75, 3.05) is 31.4 Å². The van der Waals surface area contributed by atoms with E-state index in [9.17, 15) is 4.79 Å². The molecular formula is C15H20N4O2S.